The van der Waals surface area contributed by atoms with Crippen LogP contribution in [0.3, 0.4) is 0 Å². The molecule has 4 nitrogen and oxygen atoms in total. The lowest BCUT2D eigenvalue weighted by atomic mass is 10.0. The van der Waals surface area contributed by atoms with E-state index in [1.54, 1.807) is 0 Å². The van der Waals surface area contributed by atoms with Crippen LogP contribution in [-0.4, -0.2) is 49.9 Å². The van der Waals surface area contributed by atoms with Crippen molar-refractivity contribution in [1.29, 1.82) is 0 Å². The fraction of sp³-hybridized carbons (Fsp3) is 0.647. The molecule has 2 rings (SSSR count). The molecule has 1 aliphatic heterocycles. The van der Waals surface area contributed by atoms with Crippen LogP contribution in [0.5, 0.6) is 5.75 Å². The van der Waals surface area contributed by atoms with Crippen molar-refractivity contribution in [1.82, 2.24) is 10.2 Å². The first-order chi connectivity index (χ1) is 10.1. The first kappa shape index (κ1) is 16.3. The van der Waals surface area contributed by atoms with Gasteiger partial charge in [0, 0.05) is 25.2 Å². The van der Waals surface area contributed by atoms with Gasteiger partial charge in [0.2, 0.25) is 0 Å². The number of morpholine rings is 1. The summed E-state index contributed by atoms with van der Waals surface area (Å²) in [6.07, 6.45) is 0. The van der Waals surface area contributed by atoms with Gasteiger partial charge in [0.05, 0.1) is 13.2 Å². The molecular formula is C17H28N2O2. The molecule has 0 spiro atoms. The third-order valence-corrected chi connectivity index (χ3v) is 3.95. The molecular weight excluding hydrogens is 264 g/mol. The summed E-state index contributed by atoms with van der Waals surface area (Å²) in [6.45, 7) is 12.7. The lowest BCUT2D eigenvalue weighted by molar-refractivity contribution is -0.0547. The van der Waals surface area contributed by atoms with E-state index in [1.807, 2.05) is 0 Å². The highest BCUT2D eigenvalue weighted by molar-refractivity contribution is 5.27. The summed E-state index contributed by atoms with van der Waals surface area (Å²) in [6, 6.07) is 8.35. The zero-order chi connectivity index (χ0) is 15.1. The molecule has 0 saturated carbocycles. The van der Waals surface area contributed by atoms with Crippen molar-refractivity contribution in [3.63, 3.8) is 0 Å². The van der Waals surface area contributed by atoms with Gasteiger partial charge in [-0.05, 0) is 38.1 Å². The molecule has 0 unspecified atom stereocenters. The van der Waals surface area contributed by atoms with Crippen LogP contribution in [0.2, 0.25) is 0 Å². The van der Waals surface area contributed by atoms with E-state index in [0.717, 1.165) is 51.7 Å². The normalized spacial score (nSPS) is 18.6. The molecule has 118 valence electrons. The molecule has 0 amide bonds. The van der Waals surface area contributed by atoms with Crippen LogP contribution >= 0.6 is 0 Å². The average Bonchev–Trinajstić information content (AvgIpc) is 2.48. The van der Waals surface area contributed by atoms with Crippen molar-refractivity contribution < 1.29 is 9.47 Å². The Labute approximate surface area is 128 Å². The molecule has 1 aromatic rings. The van der Waals surface area contributed by atoms with E-state index in [0.29, 0.717) is 0 Å². The van der Waals surface area contributed by atoms with E-state index in [-0.39, 0.29) is 5.54 Å². The maximum Gasteiger partial charge on any atom is 0.119 e. The largest absolute Gasteiger partial charge is 0.492 e. The fourth-order valence-electron chi connectivity index (χ4n) is 2.55. The van der Waals surface area contributed by atoms with E-state index in [2.05, 4.69) is 55.3 Å². The van der Waals surface area contributed by atoms with Crippen molar-refractivity contribution in [2.45, 2.75) is 32.9 Å². The van der Waals surface area contributed by atoms with Gasteiger partial charge >= 0.3 is 0 Å². The molecule has 21 heavy (non-hydrogen) atoms. The van der Waals surface area contributed by atoms with Gasteiger partial charge in [-0.15, -0.1) is 0 Å². The van der Waals surface area contributed by atoms with Gasteiger partial charge < -0.3 is 14.8 Å². The van der Waals surface area contributed by atoms with Crippen molar-refractivity contribution in [2.24, 2.45) is 0 Å². The topological polar surface area (TPSA) is 33.7 Å². The lowest BCUT2D eigenvalue weighted by Gasteiger charge is -2.41. The highest BCUT2D eigenvalue weighted by atomic mass is 16.5. The maximum absolute atomic E-state index is 5.86. The number of nitrogens with one attached hydrogen (secondary N) is 1. The SMILES string of the molecule is CCNCc1ccc(OCCN2CCOCC2(C)C)cc1. The predicted molar refractivity (Wildman–Crippen MR) is 85.8 cm³/mol. The summed E-state index contributed by atoms with van der Waals surface area (Å²) in [5.41, 5.74) is 1.40. The van der Waals surface area contributed by atoms with Gasteiger partial charge in [-0.3, -0.25) is 4.90 Å². The molecule has 1 fully saturated rings. The van der Waals surface area contributed by atoms with Crippen molar-refractivity contribution >= 4 is 0 Å². The van der Waals surface area contributed by atoms with Crippen molar-refractivity contribution in [2.75, 3.05) is 39.5 Å². The lowest BCUT2D eigenvalue weighted by Crippen LogP contribution is -2.54. The number of rotatable bonds is 7. The van der Waals surface area contributed by atoms with Crippen LogP contribution in [0.15, 0.2) is 24.3 Å². The molecule has 0 aromatic heterocycles. The van der Waals surface area contributed by atoms with Gasteiger partial charge in [-0.2, -0.15) is 0 Å². The Morgan fingerprint density at radius 2 is 2.05 bits per heavy atom. The molecule has 1 aliphatic rings. The van der Waals surface area contributed by atoms with Gasteiger partial charge in [-0.1, -0.05) is 19.1 Å². The molecule has 0 atom stereocenters. The Kier molecular flexibility index (Phi) is 6.03. The summed E-state index contributed by atoms with van der Waals surface area (Å²) in [7, 11) is 0. The Morgan fingerprint density at radius 1 is 1.29 bits per heavy atom. The minimum absolute atomic E-state index is 0.108. The number of hydrogen-bond acceptors (Lipinski definition) is 4. The van der Waals surface area contributed by atoms with Crippen LogP contribution in [0.4, 0.5) is 0 Å². The quantitative estimate of drug-likeness (QED) is 0.836. The number of ether oxygens (including phenoxy) is 2. The second kappa shape index (κ2) is 7.78. The van der Waals surface area contributed by atoms with E-state index < -0.39 is 0 Å². The standard InChI is InChI=1S/C17H28N2O2/c1-4-18-13-15-5-7-16(8-6-15)21-12-10-19-9-11-20-14-17(19,2)3/h5-8,18H,4,9-14H2,1-3H3. The average molecular weight is 292 g/mol. The van der Waals surface area contributed by atoms with Gasteiger partial charge in [-0.25, -0.2) is 0 Å². The molecule has 1 aromatic carbocycles. The molecule has 0 radical (unpaired) electrons. The van der Waals surface area contributed by atoms with Crippen molar-refractivity contribution in [3.05, 3.63) is 29.8 Å². The zero-order valence-corrected chi connectivity index (χ0v) is 13.5. The predicted octanol–water partition coefficient (Wildman–Crippen LogP) is 2.29. The molecule has 1 saturated heterocycles. The summed E-state index contributed by atoms with van der Waals surface area (Å²) >= 11 is 0. The Hall–Kier alpha value is -1.10. The molecule has 0 bridgehead atoms. The summed E-state index contributed by atoms with van der Waals surface area (Å²) in [5, 5.41) is 3.32. The molecule has 4 heteroatoms. The van der Waals surface area contributed by atoms with Gasteiger partial charge in [0.25, 0.3) is 0 Å². The zero-order valence-electron chi connectivity index (χ0n) is 13.5. The minimum Gasteiger partial charge on any atom is -0.492 e. The molecule has 1 heterocycles. The monoisotopic (exact) mass is 292 g/mol. The third kappa shape index (κ3) is 4.99. The second-order valence-corrected chi connectivity index (χ2v) is 6.12. The fourth-order valence-corrected chi connectivity index (χ4v) is 2.55. The van der Waals surface area contributed by atoms with E-state index in [1.165, 1.54) is 5.56 Å². The third-order valence-electron chi connectivity index (χ3n) is 3.95. The van der Waals surface area contributed by atoms with Crippen molar-refractivity contribution in [3.8, 4) is 5.75 Å². The van der Waals surface area contributed by atoms with Crippen LogP contribution in [0.1, 0.15) is 26.3 Å². The Morgan fingerprint density at radius 3 is 2.71 bits per heavy atom. The Bertz CT molecular complexity index is 417. The maximum atomic E-state index is 5.86. The summed E-state index contributed by atoms with van der Waals surface area (Å²) in [5.74, 6) is 0.946. The summed E-state index contributed by atoms with van der Waals surface area (Å²) < 4.78 is 11.4. The molecule has 1 N–H and O–H groups in total. The highest BCUT2D eigenvalue weighted by Crippen LogP contribution is 2.19. The highest BCUT2D eigenvalue weighted by Gasteiger charge is 2.29. The first-order valence-electron chi connectivity index (χ1n) is 7.87. The van der Waals surface area contributed by atoms with Gasteiger partial charge in [0.15, 0.2) is 0 Å². The van der Waals surface area contributed by atoms with E-state index in [9.17, 15) is 0 Å². The van der Waals surface area contributed by atoms with Crippen LogP contribution in [-0.2, 0) is 11.3 Å². The second-order valence-electron chi connectivity index (χ2n) is 6.12. The number of benzene rings is 1. The van der Waals surface area contributed by atoms with Crippen LogP contribution < -0.4 is 10.1 Å². The number of hydrogen-bond donors (Lipinski definition) is 1. The van der Waals surface area contributed by atoms with E-state index >= 15 is 0 Å². The summed E-state index contributed by atoms with van der Waals surface area (Å²) in [4.78, 5) is 2.44. The Balaban J connectivity index is 1.75. The smallest absolute Gasteiger partial charge is 0.119 e. The van der Waals surface area contributed by atoms with Crippen LogP contribution in [0.25, 0.3) is 0 Å². The van der Waals surface area contributed by atoms with Crippen LogP contribution in [0, 0.1) is 0 Å². The minimum atomic E-state index is 0.108. The number of nitrogens with zero attached hydrogens (tertiary/aromatic N) is 1. The molecule has 0 aliphatic carbocycles. The van der Waals surface area contributed by atoms with E-state index in [4.69, 9.17) is 9.47 Å². The van der Waals surface area contributed by atoms with Gasteiger partial charge in [0.1, 0.15) is 12.4 Å². The first-order valence-corrected chi connectivity index (χ1v) is 7.87.